The summed E-state index contributed by atoms with van der Waals surface area (Å²) in [4.78, 5) is 9.79. The number of hydrogen-bond acceptors (Lipinski definition) is 8. The van der Waals surface area contributed by atoms with Crippen molar-refractivity contribution >= 4 is 16.9 Å². The predicted molar refractivity (Wildman–Crippen MR) is 68.4 cm³/mol. The molecule has 3 N–H and O–H groups in total. The quantitative estimate of drug-likeness (QED) is 0.565. The minimum Gasteiger partial charge on any atom is -0.391 e. The third-order valence-electron chi connectivity index (χ3n) is 3.53. The predicted octanol–water partition coefficient (Wildman–Crippen LogP) is -1.08. The molecular weight excluding hydrogens is 272 g/mol. The molecule has 0 bridgehead atoms. The van der Waals surface area contributed by atoms with Crippen LogP contribution < -0.4 is 0 Å². The summed E-state index contributed by atoms with van der Waals surface area (Å²) in [6.45, 7) is 2.97. The largest absolute Gasteiger partial charge is 0.391 e. The highest BCUT2D eigenvalue weighted by Crippen LogP contribution is 2.38. The average molecular weight is 290 g/mol. The molecule has 0 spiro atoms. The van der Waals surface area contributed by atoms with E-state index in [0.717, 1.165) is 13.0 Å². The molecule has 3 heterocycles. The molecule has 0 aromatic rings. The van der Waals surface area contributed by atoms with E-state index in [2.05, 4.69) is 4.99 Å². The van der Waals surface area contributed by atoms with E-state index in [0.29, 0.717) is 11.8 Å². The molecule has 0 radical (unpaired) electrons. The van der Waals surface area contributed by atoms with Crippen molar-refractivity contribution in [2.45, 2.75) is 49.2 Å². The highest BCUT2D eigenvalue weighted by Gasteiger charge is 2.50. The Kier molecular flexibility index (Phi) is 3.71. The van der Waals surface area contributed by atoms with Crippen LogP contribution in [0.1, 0.15) is 13.3 Å². The molecule has 0 amide bonds. The van der Waals surface area contributed by atoms with Crippen molar-refractivity contribution in [3.63, 3.8) is 0 Å². The third-order valence-corrected chi connectivity index (χ3v) is 4.67. The van der Waals surface area contributed by atoms with Crippen LogP contribution in [0.4, 0.5) is 0 Å². The summed E-state index contributed by atoms with van der Waals surface area (Å²) in [5, 5.41) is 32.0. The summed E-state index contributed by atoms with van der Waals surface area (Å²) < 4.78 is 5.65. The number of ether oxygens (including phenoxy) is 1. The van der Waals surface area contributed by atoms with Gasteiger partial charge < -0.3 is 20.1 Å². The molecule has 19 heavy (non-hydrogen) atoms. The number of rotatable bonds is 1. The molecule has 0 aromatic heterocycles. The van der Waals surface area contributed by atoms with Gasteiger partial charge in [0.1, 0.15) is 29.8 Å². The van der Waals surface area contributed by atoms with Crippen LogP contribution in [-0.4, -0.2) is 74.6 Å². The number of fused-ring (bicyclic) bond motifs is 1. The Labute approximate surface area is 115 Å². The Hall–Kier alpha value is -0.380. The fraction of sp³-hybridized carbons (Fsp3) is 0.909. The van der Waals surface area contributed by atoms with Gasteiger partial charge in [-0.05, 0) is 13.3 Å². The molecule has 2 saturated heterocycles. The minimum absolute atomic E-state index is 0.391. The van der Waals surface area contributed by atoms with Gasteiger partial charge in [0.05, 0.1) is 19.3 Å². The Bertz CT molecular complexity index is 374. The van der Waals surface area contributed by atoms with E-state index in [1.165, 1.54) is 18.7 Å². The summed E-state index contributed by atoms with van der Waals surface area (Å²) in [6, 6.07) is -0.519. The van der Waals surface area contributed by atoms with Crippen molar-refractivity contribution in [2.75, 3.05) is 13.2 Å². The molecule has 0 unspecified atom stereocenters. The first-order valence-corrected chi connectivity index (χ1v) is 7.30. The summed E-state index contributed by atoms with van der Waals surface area (Å²) in [7, 11) is 0. The Morgan fingerprint density at radius 3 is 2.84 bits per heavy atom. The normalized spacial score (nSPS) is 44.1. The van der Waals surface area contributed by atoms with Gasteiger partial charge in [-0.2, -0.15) is 0 Å². The van der Waals surface area contributed by atoms with Gasteiger partial charge in [0.15, 0.2) is 5.17 Å². The van der Waals surface area contributed by atoms with Gasteiger partial charge in [0.25, 0.3) is 0 Å². The second kappa shape index (κ2) is 5.19. The topological polar surface area (TPSA) is 94.8 Å². The van der Waals surface area contributed by atoms with Crippen LogP contribution in [0.2, 0.25) is 0 Å². The lowest BCUT2D eigenvalue weighted by Crippen LogP contribution is -2.57. The number of aliphatic hydroxyl groups excluding tert-OH is 3. The van der Waals surface area contributed by atoms with E-state index in [9.17, 15) is 15.3 Å². The highest BCUT2D eigenvalue weighted by molar-refractivity contribution is 8.14. The number of hydrogen-bond donors (Lipinski definition) is 3. The van der Waals surface area contributed by atoms with E-state index in [-0.39, 0.29) is 0 Å². The van der Waals surface area contributed by atoms with E-state index in [1.807, 2.05) is 0 Å². The number of thioether (sulfide) groups is 1. The average Bonchev–Trinajstić information content (AvgIpc) is 3.01. The zero-order valence-corrected chi connectivity index (χ0v) is 11.4. The molecule has 0 aromatic carbocycles. The molecule has 108 valence electrons. The number of aliphatic imine (C=N–C) groups is 1. The molecule has 7 nitrogen and oxygen atoms in total. The van der Waals surface area contributed by atoms with Crippen LogP contribution in [0, 0.1) is 0 Å². The van der Waals surface area contributed by atoms with E-state index in [1.54, 1.807) is 5.06 Å². The lowest BCUT2D eigenvalue weighted by atomic mass is 9.95. The molecule has 3 aliphatic heterocycles. The maximum absolute atomic E-state index is 10.1. The van der Waals surface area contributed by atoms with Gasteiger partial charge in [-0.1, -0.05) is 11.8 Å². The van der Waals surface area contributed by atoms with Gasteiger partial charge in [-0.25, -0.2) is 5.06 Å². The van der Waals surface area contributed by atoms with Crippen molar-refractivity contribution in [1.29, 1.82) is 0 Å². The monoisotopic (exact) mass is 290 g/mol. The maximum atomic E-state index is 10.1. The zero-order valence-electron chi connectivity index (χ0n) is 10.5. The maximum Gasteiger partial charge on any atom is 0.186 e. The van der Waals surface area contributed by atoms with Crippen molar-refractivity contribution in [2.24, 2.45) is 4.99 Å². The first-order valence-electron chi connectivity index (χ1n) is 6.42. The zero-order chi connectivity index (χ0) is 13.6. The van der Waals surface area contributed by atoms with Crippen LogP contribution >= 0.6 is 11.8 Å². The third kappa shape index (κ3) is 2.37. The first-order chi connectivity index (χ1) is 9.08. The second-order valence-corrected chi connectivity index (χ2v) is 6.07. The van der Waals surface area contributed by atoms with Gasteiger partial charge in [0, 0.05) is 0 Å². The summed E-state index contributed by atoms with van der Waals surface area (Å²) >= 11 is 1.37. The number of aliphatic hydroxyl groups is 3. The molecule has 3 aliphatic rings. The molecule has 8 heteroatoms. The summed E-state index contributed by atoms with van der Waals surface area (Å²) in [6.07, 6.45) is -2.87. The van der Waals surface area contributed by atoms with E-state index in [4.69, 9.17) is 9.57 Å². The smallest absolute Gasteiger partial charge is 0.186 e. The van der Waals surface area contributed by atoms with Gasteiger partial charge >= 0.3 is 0 Å². The number of amidine groups is 1. The number of hydroxylamine groups is 2. The van der Waals surface area contributed by atoms with Crippen molar-refractivity contribution in [3.8, 4) is 0 Å². The van der Waals surface area contributed by atoms with Crippen LogP contribution in [-0.2, 0) is 9.57 Å². The van der Waals surface area contributed by atoms with Crippen molar-refractivity contribution < 1.29 is 24.9 Å². The number of nitrogens with zero attached hydrogens (tertiary/aromatic N) is 2. The van der Waals surface area contributed by atoms with Crippen LogP contribution in [0.15, 0.2) is 4.99 Å². The Morgan fingerprint density at radius 1 is 1.42 bits per heavy atom. The van der Waals surface area contributed by atoms with Crippen molar-refractivity contribution in [1.82, 2.24) is 5.06 Å². The Morgan fingerprint density at radius 2 is 2.21 bits per heavy atom. The Balaban J connectivity index is 1.75. The second-order valence-electron chi connectivity index (χ2n) is 5.00. The minimum atomic E-state index is -1.13. The molecule has 0 saturated carbocycles. The van der Waals surface area contributed by atoms with Gasteiger partial charge in [-0.3, -0.25) is 9.83 Å². The standard InChI is InChI=1S/C11H18N2O5S/c1-5(14)9-8(16)7(15)6-10(18-9)19-11(12-6)13-3-2-4-17-13/h5-10,14-16H,2-4H2,1H3/t5-,6-,7-,8+,9-,10-/m1/s1. The summed E-state index contributed by atoms with van der Waals surface area (Å²) in [5.74, 6) is 0. The lowest BCUT2D eigenvalue weighted by molar-refractivity contribution is -0.181. The molecule has 0 aliphatic carbocycles. The SMILES string of the molecule is C[C@@H](O)[C@H]1O[C@@H]2SC(N3CCCO3)=N[C@@H]2[C@@H](O)[C@@H]1O. The van der Waals surface area contributed by atoms with Crippen LogP contribution in [0.3, 0.4) is 0 Å². The molecular formula is C11H18N2O5S. The molecule has 3 rings (SSSR count). The molecule has 2 fully saturated rings. The highest BCUT2D eigenvalue weighted by atomic mass is 32.2. The van der Waals surface area contributed by atoms with Crippen molar-refractivity contribution in [3.05, 3.63) is 0 Å². The lowest BCUT2D eigenvalue weighted by Gasteiger charge is -2.39. The first kappa shape index (κ1) is 13.6. The van der Waals surface area contributed by atoms with Crippen LogP contribution in [0.25, 0.3) is 0 Å². The fourth-order valence-corrected chi connectivity index (χ4v) is 3.69. The fourth-order valence-electron chi connectivity index (χ4n) is 2.49. The van der Waals surface area contributed by atoms with E-state index < -0.39 is 35.9 Å². The van der Waals surface area contributed by atoms with Gasteiger partial charge in [-0.15, -0.1) is 0 Å². The van der Waals surface area contributed by atoms with Gasteiger partial charge in [0.2, 0.25) is 0 Å². The van der Waals surface area contributed by atoms with E-state index >= 15 is 0 Å². The van der Waals surface area contributed by atoms with Crippen LogP contribution in [0.5, 0.6) is 0 Å². The summed E-state index contributed by atoms with van der Waals surface area (Å²) in [5.41, 5.74) is -0.391. The molecule has 6 atom stereocenters.